The van der Waals surface area contributed by atoms with Gasteiger partial charge in [-0.2, -0.15) is 0 Å². The number of carbonyl (C=O) groups is 1. The van der Waals surface area contributed by atoms with Gasteiger partial charge in [0.25, 0.3) is 0 Å². The summed E-state index contributed by atoms with van der Waals surface area (Å²) in [5.41, 5.74) is 2.49. The van der Waals surface area contributed by atoms with Gasteiger partial charge >= 0.3 is 5.97 Å². The number of fused-ring (bicyclic) bond motifs is 5. The summed E-state index contributed by atoms with van der Waals surface area (Å²) in [6, 6.07) is 5.97. The highest BCUT2D eigenvalue weighted by Crippen LogP contribution is 2.66. The van der Waals surface area contributed by atoms with Gasteiger partial charge in [0.05, 0.1) is 11.7 Å². The molecule has 3 aliphatic rings. The van der Waals surface area contributed by atoms with E-state index in [4.69, 9.17) is 4.74 Å². The Morgan fingerprint density at radius 1 is 1.23 bits per heavy atom. The molecule has 2 N–H and O–H groups in total. The van der Waals surface area contributed by atoms with Crippen molar-refractivity contribution in [1.82, 2.24) is 0 Å². The predicted octanol–water partition coefficient (Wildman–Crippen LogP) is 6.45. The smallest absolute Gasteiger partial charge is 0.303 e. The third-order valence-corrected chi connectivity index (χ3v) is 9.20. The summed E-state index contributed by atoms with van der Waals surface area (Å²) in [6.45, 7) is 6.83. The van der Waals surface area contributed by atoms with Crippen molar-refractivity contribution in [2.24, 2.45) is 17.3 Å². The number of phenolic OH excluding ortho intramolecular Hbond substituents is 1. The molecule has 4 rings (SSSR count). The SMILES string of the molecule is CCCC(CC)OC1(CCC(=O)O)CC[C@H]2[C@@H]3CCc4cc(O)ccc4[C@H]3CC[C@@]21C. The number of rotatable bonds is 8. The third-order valence-electron chi connectivity index (χ3n) is 9.20. The predicted molar refractivity (Wildman–Crippen MR) is 122 cm³/mol. The third kappa shape index (κ3) is 3.90. The molecular formula is C27H40O4. The summed E-state index contributed by atoms with van der Waals surface area (Å²) in [7, 11) is 0. The molecule has 0 bridgehead atoms. The maximum atomic E-state index is 11.6. The van der Waals surface area contributed by atoms with Gasteiger partial charge in [0.2, 0.25) is 0 Å². The first-order valence-corrected chi connectivity index (χ1v) is 12.5. The minimum atomic E-state index is -0.710. The highest BCUT2D eigenvalue weighted by molar-refractivity contribution is 5.66. The molecular weight excluding hydrogens is 388 g/mol. The van der Waals surface area contributed by atoms with Crippen molar-refractivity contribution in [3.8, 4) is 5.75 Å². The van der Waals surface area contributed by atoms with E-state index < -0.39 is 5.97 Å². The van der Waals surface area contributed by atoms with E-state index in [0.29, 0.717) is 29.9 Å². The van der Waals surface area contributed by atoms with Gasteiger partial charge in [-0.3, -0.25) is 4.79 Å². The Balaban J connectivity index is 1.64. The molecule has 0 aromatic heterocycles. The lowest BCUT2D eigenvalue weighted by Crippen LogP contribution is -2.53. The van der Waals surface area contributed by atoms with E-state index in [-0.39, 0.29) is 23.5 Å². The average Bonchev–Trinajstić information content (AvgIpc) is 3.04. The quantitative estimate of drug-likeness (QED) is 0.499. The van der Waals surface area contributed by atoms with Crippen molar-refractivity contribution in [3.63, 3.8) is 0 Å². The van der Waals surface area contributed by atoms with Gasteiger partial charge in [-0.05, 0) is 104 Å². The van der Waals surface area contributed by atoms with Crippen LogP contribution in [0.5, 0.6) is 5.75 Å². The summed E-state index contributed by atoms with van der Waals surface area (Å²) in [5.74, 6) is 1.45. The van der Waals surface area contributed by atoms with Crippen LogP contribution in [0.4, 0.5) is 0 Å². The number of aromatic hydroxyl groups is 1. The van der Waals surface area contributed by atoms with Crippen molar-refractivity contribution in [3.05, 3.63) is 29.3 Å². The molecule has 31 heavy (non-hydrogen) atoms. The Labute approximate surface area is 187 Å². The van der Waals surface area contributed by atoms with Gasteiger partial charge in [0.1, 0.15) is 5.75 Å². The molecule has 2 unspecified atom stereocenters. The number of aliphatic carboxylic acids is 1. The van der Waals surface area contributed by atoms with Gasteiger partial charge in [-0.1, -0.05) is 33.3 Å². The minimum Gasteiger partial charge on any atom is -0.508 e. The molecule has 4 heteroatoms. The van der Waals surface area contributed by atoms with Crippen LogP contribution in [0.25, 0.3) is 0 Å². The fourth-order valence-electron chi connectivity index (χ4n) is 7.62. The van der Waals surface area contributed by atoms with Crippen LogP contribution in [0.15, 0.2) is 18.2 Å². The number of ether oxygens (including phenoxy) is 1. The number of hydrogen-bond donors (Lipinski definition) is 2. The van der Waals surface area contributed by atoms with Crippen molar-refractivity contribution >= 4 is 5.97 Å². The number of phenols is 1. The average molecular weight is 429 g/mol. The molecule has 0 radical (unpaired) electrons. The molecule has 1 aromatic carbocycles. The molecule has 2 fully saturated rings. The molecule has 0 amide bonds. The van der Waals surface area contributed by atoms with Crippen LogP contribution >= 0.6 is 0 Å². The second-order valence-corrected chi connectivity index (χ2v) is 10.6. The van der Waals surface area contributed by atoms with Crippen molar-refractivity contribution < 1.29 is 19.7 Å². The summed E-state index contributed by atoms with van der Waals surface area (Å²) >= 11 is 0. The molecule has 2 saturated carbocycles. The molecule has 4 nitrogen and oxygen atoms in total. The summed E-state index contributed by atoms with van der Waals surface area (Å²) in [6.07, 6.45) is 10.8. The molecule has 0 heterocycles. The molecule has 172 valence electrons. The normalized spacial score (nSPS) is 35.1. The number of carboxylic acid groups (broad SMARTS) is 1. The Kier molecular flexibility index (Phi) is 6.40. The van der Waals surface area contributed by atoms with Crippen LogP contribution in [0, 0.1) is 17.3 Å². The number of aryl methyl sites for hydroxylation is 1. The Morgan fingerprint density at radius 3 is 2.74 bits per heavy atom. The van der Waals surface area contributed by atoms with Gasteiger partial charge < -0.3 is 14.9 Å². The second kappa shape index (κ2) is 8.77. The number of carboxylic acids is 1. The maximum absolute atomic E-state index is 11.6. The van der Waals surface area contributed by atoms with E-state index in [1.807, 2.05) is 12.1 Å². The molecule has 1 aromatic rings. The van der Waals surface area contributed by atoms with Crippen LogP contribution < -0.4 is 0 Å². The highest BCUT2D eigenvalue weighted by Gasteiger charge is 2.62. The van der Waals surface area contributed by atoms with Crippen molar-refractivity contribution in [1.29, 1.82) is 0 Å². The first-order chi connectivity index (χ1) is 14.8. The zero-order valence-electron chi connectivity index (χ0n) is 19.5. The second-order valence-electron chi connectivity index (χ2n) is 10.6. The Hall–Kier alpha value is -1.55. The van der Waals surface area contributed by atoms with Gasteiger partial charge in [0.15, 0.2) is 0 Å². The summed E-state index contributed by atoms with van der Waals surface area (Å²) in [4.78, 5) is 11.6. The Morgan fingerprint density at radius 2 is 2.03 bits per heavy atom. The largest absolute Gasteiger partial charge is 0.508 e. The number of hydrogen-bond acceptors (Lipinski definition) is 3. The molecule has 3 aliphatic carbocycles. The molecule has 0 aliphatic heterocycles. The molecule has 6 atom stereocenters. The fraction of sp³-hybridized carbons (Fsp3) is 0.741. The van der Waals surface area contributed by atoms with Gasteiger partial charge in [-0.15, -0.1) is 0 Å². The van der Waals surface area contributed by atoms with E-state index in [2.05, 4.69) is 26.8 Å². The van der Waals surface area contributed by atoms with E-state index in [1.165, 1.54) is 17.5 Å². The fourth-order valence-corrected chi connectivity index (χ4v) is 7.62. The van der Waals surface area contributed by atoms with Gasteiger partial charge in [0, 0.05) is 6.42 Å². The maximum Gasteiger partial charge on any atom is 0.303 e. The lowest BCUT2D eigenvalue weighted by molar-refractivity contribution is -0.182. The van der Waals surface area contributed by atoms with Crippen LogP contribution in [0.2, 0.25) is 0 Å². The topological polar surface area (TPSA) is 66.8 Å². The molecule has 0 saturated heterocycles. The molecule has 0 spiro atoms. The lowest BCUT2D eigenvalue weighted by atomic mass is 9.52. The van der Waals surface area contributed by atoms with Crippen LogP contribution in [-0.4, -0.2) is 27.9 Å². The lowest BCUT2D eigenvalue weighted by Gasteiger charge is -2.55. The van der Waals surface area contributed by atoms with Gasteiger partial charge in [-0.25, -0.2) is 0 Å². The van der Waals surface area contributed by atoms with Crippen LogP contribution in [0.3, 0.4) is 0 Å². The van der Waals surface area contributed by atoms with E-state index in [9.17, 15) is 15.0 Å². The number of benzene rings is 1. The Bertz CT molecular complexity index is 804. The van der Waals surface area contributed by atoms with Crippen LogP contribution in [0.1, 0.15) is 102 Å². The van der Waals surface area contributed by atoms with Crippen molar-refractivity contribution in [2.45, 2.75) is 109 Å². The summed E-state index contributed by atoms with van der Waals surface area (Å²) < 4.78 is 6.98. The monoisotopic (exact) mass is 428 g/mol. The van der Waals surface area contributed by atoms with E-state index in [0.717, 1.165) is 51.4 Å². The highest BCUT2D eigenvalue weighted by atomic mass is 16.5. The van der Waals surface area contributed by atoms with Crippen LogP contribution in [-0.2, 0) is 16.0 Å². The minimum absolute atomic E-state index is 0.0409. The van der Waals surface area contributed by atoms with E-state index >= 15 is 0 Å². The summed E-state index contributed by atoms with van der Waals surface area (Å²) in [5, 5.41) is 19.4. The first kappa shape index (κ1) is 22.6. The standard InChI is InChI=1S/C27H40O4/c1-4-6-20(5-2)31-27(16-13-25(29)30)15-12-24-23-9-7-18-17-19(28)8-10-21(18)22(23)11-14-26(24,27)3/h8,10,17,20,22-24,28H,4-7,9,11-16H2,1-3H3,(H,29,30)/t20?,22-,23-,24+,26+,27?/m1/s1. The van der Waals surface area contributed by atoms with Crippen molar-refractivity contribution in [2.75, 3.05) is 0 Å². The van der Waals surface area contributed by atoms with E-state index in [1.54, 1.807) is 0 Å². The zero-order valence-corrected chi connectivity index (χ0v) is 19.5. The zero-order chi connectivity index (χ0) is 22.2. The first-order valence-electron chi connectivity index (χ1n) is 12.5.